The molecule has 1 amide bonds. The summed E-state index contributed by atoms with van der Waals surface area (Å²) in [5.74, 6) is 0.928. The lowest BCUT2D eigenvalue weighted by atomic mass is 10.2. The minimum atomic E-state index is -0.144. The number of hydrogen-bond acceptors (Lipinski definition) is 7. The minimum absolute atomic E-state index is 0.144. The molecule has 4 rings (SSSR count). The van der Waals surface area contributed by atoms with Crippen LogP contribution in [0.2, 0.25) is 5.02 Å². The van der Waals surface area contributed by atoms with Gasteiger partial charge in [-0.2, -0.15) is 0 Å². The quantitative estimate of drug-likeness (QED) is 0.245. The van der Waals surface area contributed by atoms with E-state index in [0.29, 0.717) is 28.3 Å². The summed E-state index contributed by atoms with van der Waals surface area (Å²) in [6.45, 7) is 4.41. The largest absolute Gasteiger partial charge is 0.302 e. The van der Waals surface area contributed by atoms with Crippen molar-refractivity contribution < 1.29 is 4.79 Å². The number of benzene rings is 1. The second kappa shape index (κ2) is 10.2. The number of thiazole rings is 1. The van der Waals surface area contributed by atoms with E-state index in [-0.39, 0.29) is 11.7 Å². The van der Waals surface area contributed by atoms with Crippen molar-refractivity contribution in [3.8, 4) is 11.3 Å². The van der Waals surface area contributed by atoms with Crippen molar-refractivity contribution in [2.75, 3.05) is 11.1 Å². The maximum atomic E-state index is 12.4. The van der Waals surface area contributed by atoms with Gasteiger partial charge in [0.2, 0.25) is 5.91 Å². The van der Waals surface area contributed by atoms with Crippen molar-refractivity contribution in [1.29, 1.82) is 0 Å². The maximum absolute atomic E-state index is 12.4. The molecule has 10 heteroatoms. The number of carbonyl (C=O) groups is 1. The number of nitrogens with one attached hydrogen (secondary N) is 1. The number of aromatic nitrogens is 4. The van der Waals surface area contributed by atoms with Crippen LogP contribution in [0.5, 0.6) is 0 Å². The van der Waals surface area contributed by atoms with Gasteiger partial charge in [0.1, 0.15) is 5.82 Å². The molecule has 3 heterocycles. The SMILES string of the molecule is C=CCn1c(Cc2cccs2)nnc1SCC(=O)Nc1nc(-c2ccc(Cl)cc2)cs1. The third-order valence-corrected chi connectivity index (χ3v) is 7.09. The van der Waals surface area contributed by atoms with Crippen LogP contribution in [0.4, 0.5) is 5.13 Å². The predicted octanol–water partition coefficient (Wildman–Crippen LogP) is 5.62. The zero-order valence-electron chi connectivity index (χ0n) is 16.3. The van der Waals surface area contributed by atoms with Gasteiger partial charge in [0.25, 0.3) is 0 Å². The molecule has 0 bridgehead atoms. The molecule has 1 N–H and O–H groups in total. The number of thiophene rings is 1. The number of thioether (sulfide) groups is 1. The molecule has 0 spiro atoms. The van der Waals surface area contributed by atoms with Gasteiger partial charge in [-0.3, -0.25) is 4.79 Å². The van der Waals surface area contributed by atoms with Crippen LogP contribution in [-0.2, 0) is 17.8 Å². The Labute approximate surface area is 197 Å². The van der Waals surface area contributed by atoms with Gasteiger partial charge in [-0.15, -0.1) is 39.4 Å². The van der Waals surface area contributed by atoms with E-state index in [4.69, 9.17) is 11.6 Å². The molecular weight excluding hydrogens is 470 g/mol. The number of amides is 1. The third-order valence-electron chi connectivity index (χ3n) is 4.24. The Bertz CT molecular complexity index is 1170. The molecule has 0 radical (unpaired) electrons. The summed E-state index contributed by atoms with van der Waals surface area (Å²) in [5, 5.41) is 17.3. The molecule has 0 fully saturated rings. The molecule has 158 valence electrons. The summed E-state index contributed by atoms with van der Waals surface area (Å²) in [6, 6.07) is 11.5. The van der Waals surface area contributed by atoms with Gasteiger partial charge in [-0.05, 0) is 23.6 Å². The average molecular weight is 488 g/mol. The van der Waals surface area contributed by atoms with Crippen LogP contribution in [-0.4, -0.2) is 31.4 Å². The lowest BCUT2D eigenvalue weighted by Crippen LogP contribution is -2.14. The standard InChI is InChI=1S/C21H18ClN5OS3/c1-2-9-27-18(11-16-4-3-10-29-16)25-26-21(27)31-13-19(28)24-20-23-17(12-30-20)14-5-7-15(22)8-6-14/h2-8,10,12H,1,9,11,13H2,(H,23,24,28). The summed E-state index contributed by atoms with van der Waals surface area (Å²) in [5.41, 5.74) is 1.75. The van der Waals surface area contributed by atoms with E-state index in [1.165, 1.54) is 28.0 Å². The first kappa shape index (κ1) is 21.8. The molecule has 1 aromatic carbocycles. The average Bonchev–Trinajstić information content (AvgIpc) is 3.51. The smallest absolute Gasteiger partial charge is 0.236 e. The predicted molar refractivity (Wildman–Crippen MR) is 129 cm³/mol. The van der Waals surface area contributed by atoms with E-state index >= 15 is 0 Å². The first-order valence-electron chi connectivity index (χ1n) is 9.32. The normalized spacial score (nSPS) is 10.9. The number of allylic oxidation sites excluding steroid dienone is 1. The van der Waals surface area contributed by atoms with E-state index < -0.39 is 0 Å². The summed E-state index contributed by atoms with van der Waals surface area (Å²) in [6.07, 6.45) is 2.51. The molecule has 0 saturated carbocycles. The molecule has 0 unspecified atom stereocenters. The fourth-order valence-corrected chi connectivity index (χ4v) is 5.14. The van der Waals surface area contributed by atoms with Crippen molar-refractivity contribution >= 4 is 57.1 Å². The number of rotatable bonds is 9. The molecule has 0 saturated heterocycles. The molecule has 0 atom stereocenters. The Balaban J connectivity index is 1.37. The van der Waals surface area contributed by atoms with Gasteiger partial charge >= 0.3 is 0 Å². The highest BCUT2D eigenvalue weighted by molar-refractivity contribution is 7.99. The topological polar surface area (TPSA) is 72.7 Å². The summed E-state index contributed by atoms with van der Waals surface area (Å²) in [4.78, 5) is 18.2. The highest BCUT2D eigenvalue weighted by Crippen LogP contribution is 2.26. The number of carbonyl (C=O) groups excluding carboxylic acids is 1. The van der Waals surface area contributed by atoms with E-state index in [2.05, 4.69) is 33.1 Å². The van der Waals surface area contributed by atoms with Gasteiger partial charge < -0.3 is 9.88 Å². The van der Waals surface area contributed by atoms with Gasteiger partial charge in [0, 0.05) is 33.8 Å². The highest BCUT2D eigenvalue weighted by Gasteiger charge is 2.15. The third kappa shape index (κ3) is 5.62. The van der Waals surface area contributed by atoms with Crippen LogP contribution in [0.15, 0.2) is 65.0 Å². The molecule has 6 nitrogen and oxygen atoms in total. The Kier molecular flexibility index (Phi) is 7.18. The van der Waals surface area contributed by atoms with Crippen LogP contribution < -0.4 is 5.32 Å². The Morgan fingerprint density at radius 3 is 2.81 bits per heavy atom. The lowest BCUT2D eigenvalue weighted by molar-refractivity contribution is -0.113. The first-order chi connectivity index (χ1) is 15.1. The lowest BCUT2D eigenvalue weighted by Gasteiger charge is -2.07. The van der Waals surface area contributed by atoms with Crippen LogP contribution in [0.1, 0.15) is 10.7 Å². The van der Waals surface area contributed by atoms with E-state index in [9.17, 15) is 4.79 Å². The van der Waals surface area contributed by atoms with Crippen molar-refractivity contribution in [3.63, 3.8) is 0 Å². The van der Waals surface area contributed by atoms with Crippen molar-refractivity contribution in [1.82, 2.24) is 19.7 Å². The zero-order chi connectivity index (χ0) is 21.6. The monoisotopic (exact) mass is 487 g/mol. The first-order valence-corrected chi connectivity index (χ1v) is 12.4. The number of hydrogen-bond donors (Lipinski definition) is 1. The van der Waals surface area contributed by atoms with Crippen LogP contribution in [0, 0.1) is 0 Å². The van der Waals surface area contributed by atoms with Crippen molar-refractivity contribution in [2.24, 2.45) is 0 Å². The molecule has 3 aromatic heterocycles. The Morgan fingerprint density at radius 2 is 2.06 bits per heavy atom. The van der Waals surface area contributed by atoms with Gasteiger partial charge in [-0.1, -0.05) is 47.6 Å². The number of halogens is 1. The molecule has 0 aliphatic rings. The fraction of sp³-hybridized carbons (Fsp3) is 0.143. The minimum Gasteiger partial charge on any atom is -0.302 e. The molecule has 31 heavy (non-hydrogen) atoms. The molecule has 0 aliphatic heterocycles. The van der Waals surface area contributed by atoms with E-state index in [0.717, 1.165) is 17.1 Å². The second-order valence-electron chi connectivity index (χ2n) is 6.44. The van der Waals surface area contributed by atoms with Crippen LogP contribution >= 0.6 is 46.0 Å². The summed E-state index contributed by atoms with van der Waals surface area (Å²) >= 11 is 10.3. The van der Waals surface area contributed by atoms with Crippen LogP contribution in [0.25, 0.3) is 11.3 Å². The molecular formula is C21H18ClN5OS3. The molecule has 4 aromatic rings. The zero-order valence-corrected chi connectivity index (χ0v) is 19.5. The summed E-state index contributed by atoms with van der Waals surface area (Å²) in [7, 11) is 0. The second-order valence-corrected chi connectivity index (χ2v) is 9.71. The summed E-state index contributed by atoms with van der Waals surface area (Å²) < 4.78 is 1.99. The number of anilines is 1. The van der Waals surface area contributed by atoms with Gasteiger partial charge in [0.15, 0.2) is 10.3 Å². The van der Waals surface area contributed by atoms with E-state index in [1.54, 1.807) is 17.4 Å². The molecule has 0 aliphatic carbocycles. The van der Waals surface area contributed by atoms with Gasteiger partial charge in [-0.25, -0.2) is 4.98 Å². The maximum Gasteiger partial charge on any atom is 0.236 e. The fourth-order valence-electron chi connectivity index (χ4n) is 2.81. The van der Waals surface area contributed by atoms with E-state index in [1.807, 2.05) is 45.7 Å². The van der Waals surface area contributed by atoms with Crippen molar-refractivity contribution in [2.45, 2.75) is 18.1 Å². The van der Waals surface area contributed by atoms with Crippen LogP contribution in [0.3, 0.4) is 0 Å². The highest BCUT2D eigenvalue weighted by atomic mass is 35.5. The number of nitrogens with zero attached hydrogens (tertiary/aromatic N) is 4. The Morgan fingerprint density at radius 1 is 1.23 bits per heavy atom. The van der Waals surface area contributed by atoms with Gasteiger partial charge in [0.05, 0.1) is 11.4 Å². The van der Waals surface area contributed by atoms with Crippen molar-refractivity contribution in [3.05, 3.63) is 75.5 Å². The Hall–Kier alpha value is -2.46.